The molecule has 0 aliphatic heterocycles. The molecule has 3 nitrogen and oxygen atoms in total. The van der Waals surface area contributed by atoms with Crippen molar-refractivity contribution in [3.63, 3.8) is 0 Å². The summed E-state index contributed by atoms with van der Waals surface area (Å²) in [5.74, 6) is -0.264. The molecule has 0 bridgehead atoms. The van der Waals surface area contributed by atoms with Crippen LogP contribution in [0, 0.1) is 0 Å². The second-order valence-electron chi connectivity index (χ2n) is 3.47. The molecule has 86 valence electrons. The van der Waals surface area contributed by atoms with Crippen LogP contribution >= 0.6 is 11.6 Å². The lowest BCUT2D eigenvalue weighted by molar-refractivity contribution is -0.121. The van der Waals surface area contributed by atoms with Crippen LogP contribution in [0.1, 0.15) is 5.56 Å². The van der Waals surface area contributed by atoms with Crippen molar-refractivity contribution in [1.29, 1.82) is 0 Å². The summed E-state index contributed by atoms with van der Waals surface area (Å²) in [5, 5.41) is 0.570. The normalized spacial score (nSPS) is 9.69. The number of amides is 1. The third-order valence-corrected chi connectivity index (χ3v) is 2.94. The minimum Gasteiger partial charge on any atom is -0.344 e. The number of rotatable bonds is 3. The Bertz CT molecular complexity index is 453. The molecule has 0 aliphatic carbocycles. The molecule has 0 spiro atoms. The zero-order chi connectivity index (χ0) is 12.1. The molecule has 0 fully saturated rings. The second kappa shape index (κ2) is 5.82. The van der Waals surface area contributed by atoms with E-state index in [2.05, 4.69) is 0 Å². The third-order valence-electron chi connectivity index (χ3n) is 2.05. The SMILES string of the molecule is CN(C)C(=O)C(Cc1ccccc1Cl)=S=O. The van der Waals surface area contributed by atoms with Crippen LogP contribution in [-0.4, -0.2) is 34.0 Å². The van der Waals surface area contributed by atoms with Crippen molar-refractivity contribution in [2.75, 3.05) is 14.1 Å². The molecule has 0 atom stereocenters. The molecule has 1 amide bonds. The fraction of sp³-hybridized carbons (Fsp3) is 0.273. The molecule has 5 heteroatoms. The lowest BCUT2D eigenvalue weighted by Gasteiger charge is -2.11. The van der Waals surface area contributed by atoms with Gasteiger partial charge in [-0.1, -0.05) is 29.8 Å². The standard InChI is InChI=1S/C11H12ClNO2S/c1-13(2)11(14)10(16-15)7-8-5-3-4-6-9(8)12/h3-6H,7H2,1-2H3. The van der Waals surface area contributed by atoms with E-state index in [1.54, 1.807) is 20.2 Å². The lowest BCUT2D eigenvalue weighted by atomic mass is 10.1. The summed E-state index contributed by atoms with van der Waals surface area (Å²) >= 11 is 6.19. The first kappa shape index (κ1) is 12.9. The van der Waals surface area contributed by atoms with Crippen LogP contribution in [0.15, 0.2) is 24.3 Å². The van der Waals surface area contributed by atoms with Crippen LogP contribution in [0.5, 0.6) is 0 Å². The average molecular weight is 258 g/mol. The van der Waals surface area contributed by atoms with Gasteiger partial charge in [-0.2, -0.15) is 0 Å². The van der Waals surface area contributed by atoms with Crippen LogP contribution in [0.2, 0.25) is 5.02 Å². The van der Waals surface area contributed by atoms with E-state index in [9.17, 15) is 9.00 Å². The number of nitrogens with zero attached hydrogens (tertiary/aromatic N) is 1. The largest absolute Gasteiger partial charge is 0.344 e. The van der Waals surface area contributed by atoms with Crippen LogP contribution < -0.4 is 0 Å². The lowest BCUT2D eigenvalue weighted by Crippen LogP contribution is -2.31. The topological polar surface area (TPSA) is 37.4 Å². The van der Waals surface area contributed by atoms with E-state index in [0.29, 0.717) is 5.02 Å². The predicted octanol–water partition coefficient (Wildman–Crippen LogP) is 1.36. The Labute approximate surface area is 103 Å². The van der Waals surface area contributed by atoms with Gasteiger partial charge in [0.1, 0.15) is 4.86 Å². The Kier molecular flexibility index (Phi) is 4.71. The maximum atomic E-state index is 11.6. The Hall–Kier alpha value is -1.13. The second-order valence-corrected chi connectivity index (χ2v) is 4.54. The maximum Gasteiger partial charge on any atom is 0.262 e. The van der Waals surface area contributed by atoms with Gasteiger partial charge in [0, 0.05) is 25.5 Å². The Morgan fingerprint density at radius 3 is 2.50 bits per heavy atom. The third kappa shape index (κ3) is 3.18. The quantitative estimate of drug-likeness (QED) is 0.767. The fourth-order valence-electron chi connectivity index (χ4n) is 1.20. The molecule has 0 radical (unpaired) electrons. The smallest absolute Gasteiger partial charge is 0.262 e. The summed E-state index contributed by atoms with van der Waals surface area (Å²) in [4.78, 5) is 13.2. The summed E-state index contributed by atoms with van der Waals surface area (Å²) in [6, 6.07) is 7.18. The van der Waals surface area contributed by atoms with Crippen molar-refractivity contribution in [2.24, 2.45) is 0 Å². The molecule has 1 rings (SSSR count). The molecule has 0 saturated heterocycles. The van der Waals surface area contributed by atoms with E-state index in [1.165, 1.54) is 4.90 Å². The van der Waals surface area contributed by atoms with Crippen molar-refractivity contribution in [3.8, 4) is 0 Å². The molecule has 0 aromatic heterocycles. The van der Waals surface area contributed by atoms with Crippen LogP contribution in [-0.2, 0) is 22.5 Å². The van der Waals surface area contributed by atoms with Crippen LogP contribution in [0.3, 0.4) is 0 Å². The molecule has 0 aliphatic rings. The highest BCUT2D eigenvalue weighted by atomic mass is 35.5. The predicted molar refractivity (Wildman–Crippen MR) is 67.0 cm³/mol. The van der Waals surface area contributed by atoms with E-state index in [4.69, 9.17) is 11.6 Å². The first-order valence-corrected chi connectivity index (χ1v) is 5.79. The Morgan fingerprint density at radius 2 is 2.00 bits per heavy atom. The van der Waals surface area contributed by atoms with Gasteiger partial charge >= 0.3 is 0 Å². The molecule has 0 unspecified atom stereocenters. The molecule has 16 heavy (non-hydrogen) atoms. The van der Waals surface area contributed by atoms with E-state index >= 15 is 0 Å². The van der Waals surface area contributed by atoms with Gasteiger partial charge in [-0.3, -0.25) is 4.79 Å². The van der Waals surface area contributed by atoms with Crippen molar-refractivity contribution in [1.82, 2.24) is 4.90 Å². The van der Waals surface area contributed by atoms with Gasteiger partial charge in [0.15, 0.2) is 0 Å². The number of carbonyl (C=O) groups excluding carboxylic acids is 1. The van der Waals surface area contributed by atoms with E-state index in [-0.39, 0.29) is 28.4 Å². The van der Waals surface area contributed by atoms with E-state index in [0.717, 1.165) is 5.56 Å². The van der Waals surface area contributed by atoms with Crippen molar-refractivity contribution in [3.05, 3.63) is 34.9 Å². The first-order chi connectivity index (χ1) is 7.56. The molecule has 0 N–H and O–H groups in total. The molecule has 1 aromatic carbocycles. The first-order valence-electron chi connectivity index (χ1n) is 4.67. The highest BCUT2D eigenvalue weighted by Gasteiger charge is 2.14. The van der Waals surface area contributed by atoms with Gasteiger partial charge in [-0.25, -0.2) is 4.21 Å². The highest BCUT2D eigenvalue weighted by molar-refractivity contribution is 7.68. The summed E-state index contributed by atoms with van der Waals surface area (Å²) in [6.07, 6.45) is 0.283. The van der Waals surface area contributed by atoms with E-state index in [1.807, 2.05) is 18.2 Å². The van der Waals surface area contributed by atoms with Crippen molar-refractivity contribution < 1.29 is 9.00 Å². The summed E-state index contributed by atoms with van der Waals surface area (Å²) in [7, 11) is 3.23. The summed E-state index contributed by atoms with van der Waals surface area (Å²) < 4.78 is 10.9. The molecular formula is C11H12ClNO2S. The molecule has 0 saturated carbocycles. The average Bonchev–Trinajstić information content (AvgIpc) is 2.27. The molecular weight excluding hydrogens is 246 g/mol. The number of carbonyl (C=O) groups is 1. The zero-order valence-electron chi connectivity index (χ0n) is 9.07. The van der Waals surface area contributed by atoms with Crippen LogP contribution in [0.25, 0.3) is 0 Å². The molecule has 0 heterocycles. The fourth-order valence-corrected chi connectivity index (χ4v) is 1.88. The van der Waals surface area contributed by atoms with Crippen molar-refractivity contribution >= 4 is 33.6 Å². The van der Waals surface area contributed by atoms with Crippen LogP contribution in [0.4, 0.5) is 0 Å². The minimum absolute atomic E-state index is 0.227. The van der Waals surface area contributed by atoms with Gasteiger partial charge in [0.2, 0.25) is 0 Å². The van der Waals surface area contributed by atoms with Gasteiger partial charge in [0.05, 0.1) is 11.3 Å². The summed E-state index contributed by atoms with van der Waals surface area (Å²) in [5.41, 5.74) is 0.790. The summed E-state index contributed by atoms with van der Waals surface area (Å²) in [6.45, 7) is 0. The molecule has 1 aromatic rings. The Morgan fingerprint density at radius 1 is 1.38 bits per heavy atom. The number of hydrogen-bond acceptors (Lipinski definition) is 2. The zero-order valence-corrected chi connectivity index (χ0v) is 10.6. The number of halogens is 1. The van der Waals surface area contributed by atoms with Crippen molar-refractivity contribution in [2.45, 2.75) is 6.42 Å². The maximum absolute atomic E-state index is 11.6. The highest BCUT2D eigenvalue weighted by Crippen LogP contribution is 2.15. The number of benzene rings is 1. The van der Waals surface area contributed by atoms with Gasteiger partial charge in [-0.05, 0) is 11.6 Å². The van der Waals surface area contributed by atoms with Gasteiger partial charge in [-0.15, -0.1) is 0 Å². The minimum atomic E-state index is -0.264. The van der Waals surface area contributed by atoms with E-state index < -0.39 is 0 Å². The Balaban J connectivity index is 2.93. The van der Waals surface area contributed by atoms with Gasteiger partial charge < -0.3 is 4.90 Å². The van der Waals surface area contributed by atoms with Gasteiger partial charge in [0.25, 0.3) is 5.91 Å². The number of hydrogen-bond donors (Lipinski definition) is 0. The monoisotopic (exact) mass is 257 g/mol.